The minimum absolute atomic E-state index is 0.142. The molecule has 1 aliphatic heterocycles. The average molecular weight is 482 g/mol. The number of fused-ring (bicyclic) bond motifs is 3. The standard InChI is InChI=1S/C21H23N9O3S/c1-30(2)6-5-23-19(32)16-10-34-21(27-16)28-18(31)11-3-4-15-13(7-11)14-8-12(9-24-29-22)25-20(33)17(14)26-15/h3-4,7,10,12,26H,5-6,8-9H2,1-2H3,(H,23,32)(H,25,33)(H,27,28,31). The van der Waals surface area contributed by atoms with Crippen molar-refractivity contribution in [3.05, 3.63) is 56.5 Å². The number of azide groups is 1. The highest BCUT2D eigenvalue weighted by Gasteiger charge is 2.28. The van der Waals surface area contributed by atoms with Gasteiger partial charge < -0.3 is 20.5 Å². The van der Waals surface area contributed by atoms with E-state index in [9.17, 15) is 14.4 Å². The second-order valence-electron chi connectivity index (χ2n) is 8.08. The van der Waals surface area contributed by atoms with E-state index < -0.39 is 0 Å². The zero-order valence-electron chi connectivity index (χ0n) is 18.6. The van der Waals surface area contributed by atoms with E-state index in [1.54, 1.807) is 23.6 Å². The summed E-state index contributed by atoms with van der Waals surface area (Å²) in [4.78, 5) is 49.5. The number of H-pyrrole nitrogens is 1. The summed E-state index contributed by atoms with van der Waals surface area (Å²) >= 11 is 1.16. The van der Waals surface area contributed by atoms with Crippen molar-refractivity contribution in [2.24, 2.45) is 5.11 Å². The molecular formula is C21H23N9O3S. The summed E-state index contributed by atoms with van der Waals surface area (Å²) in [6, 6.07) is 4.79. The van der Waals surface area contributed by atoms with Crippen LogP contribution in [0.15, 0.2) is 28.7 Å². The first kappa shape index (κ1) is 23.2. The van der Waals surface area contributed by atoms with Crippen molar-refractivity contribution < 1.29 is 14.4 Å². The number of benzene rings is 1. The number of thiazole rings is 1. The van der Waals surface area contributed by atoms with Gasteiger partial charge in [-0.05, 0) is 49.8 Å². The van der Waals surface area contributed by atoms with Gasteiger partial charge in [0.05, 0.1) is 0 Å². The lowest BCUT2D eigenvalue weighted by atomic mass is 9.97. The van der Waals surface area contributed by atoms with Crippen LogP contribution in [0.5, 0.6) is 0 Å². The van der Waals surface area contributed by atoms with Gasteiger partial charge >= 0.3 is 0 Å². The quantitative estimate of drug-likeness (QED) is 0.219. The van der Waals surface area contributed by atoms with E-state index in [4.69, 9.17) is 5.53 Å². The Labute approximate surface area is 198 Å². The fourth-order valence-electron chi connectivity index (χ4n) is 3.68. The maximum Gasteiger partial charge on any atom is 0.270 e. The normalized spacial score (nSPS) is 14.9. The van der Waals surface area contributed by atoms with Crippen LogP contribution in [-0.2, 0) is 6.42 Å². The van der Waals surface area contributed by atoms with E-state index in [1.165, 1.54) is 0 Å². The molecule has 0 fully saturated rings. The number of hydrogen-bond acceptors (Lipinski definition) is 7. The molecule has 2 aromatic heterocycles. The van der Waals surface area contributed by atoms with E-state index in [-0.39, 0.29) is 36.0 Å². The number of nitrogens with one attached hydrogen (secondary N) is 4. The Morgan fingerprint density at radius 1 is 1.35 bits per heavy atom. The first-order chi connectivity index (χ1) is 16.4. The summed E-state index contributed by atoms with van der Waals surface area (Å²) in [5.41, 5.74) is 11.1. The fraction of sp³-hybridized carbons (Fsp3) is 0.333. The number of hydrogen-bond donors (Lipinski definition) is 4. The average Bonchev–Trinajstić information content (AvgIpc) is 3.42. The third-order valence-corrected chi connectivity index (χ3v) is 6.11. The summed E-state index contributed by atoms with van der Waals surface area (Å²) in [7, 11) is 3.83. The van der Waals surface area contributed by atoms with Crippen LogP contribution >= 0.6 is 11.3 Å². The van der Waals surface area contributed by atoms with E-state index in [0.717, 1.165) is 27.8 Å². The molecule has 1 atom stereocenters. The molecule has 4 rings (SSSR count). The Morgan fingerprint density at radius 3 is 2.94 bits per heavy atom. The molecule has 3 amide bonds. The maximum absolute atomic E-state index is 12.8. The summed E-state index contributed by atoms with van der Waals surface area (Å²) in [5, 5.41) is 14.5. The van der Waals surface area contributed by atoms with Crippen molar-refractivity contribution in [3.8, 4) is 0 Å². The van der Waals surface area contributed by atoms with Crippen LogP contribution < -0.4 is 16.0 Å². The van der Waals surface area contributed by atoms with Gasteiger partial charge in [-0.2, -0.15) is 0 Å². The van der Waals surface area contributed by atoms with Crippen molar-refractivity contribution in [3.63, 3.8) is 0 Å². The zero-order valence-corrected chi connectivity index (χ0v) is 19.4. The molecule has 0 radical (unpaired) electrons. The number of nitrogens with zero attached hydrogens (tertiary/aromatic N) is 5. The molecule has 3 heterocycles. The molecular weight excluding hydrogens is 458 g/mol. The van der Waals surface area contributed by atoms with Gasteiger partial charge in [0.15, 0.2) is 5.13 Å². The second-order valence-corrected chi connectivity index (χ2v) is 8.94. The molecule has 1 unspecified atom stereocenters. The Balaban J connectivity index is 1.49. The van der Waals surface area contributed by atoms with Crippen LogP contribution in [0.4, 0.5) is 5.13 Å². The lowest BCUT2D eigenvalue weighted by Gasteiger charge is -2.22. The number of carbonyl (C=O) groups excluding carboxylic acids is 3. The number of aromatic amines is 1. The Morgan fingerprint density at radius 2 is 2.18 bits per heavy atom. The molecule has 13 heteroatoms. The van der Waals surface area contributed by atoms with Gasteiger partial charge in [0.2, 0.25) is 0 Å². The summed E-state index contributed by atoms with van der Waals surface area (Å²) in [5.74, 6) is -0.954. The Kier molecular flexibility index (Phi) is 6.77. The first-order valence-corrected chi connectivity index (χ1v) is 11.4. The molecule has 12 nitrogen and oxygen atoms in total. The van der Waals surface area contributed by atoms with Crippen LogP contribution in [0.25, 0.3) is 21.3 Å². The molecule has 0 spiro atoms. The predicted octanol–water partition coefficient (Wildman–Crippen LogP) is 2.13. The topological polar surface area (TPSA) is 168 Å². The smallest absolute Gasteiger partial charge is 0.270 e. The zero-order chi connectivity index (χ0) is 24.2. The SMILES string of the molecule is CN(C)CCNC(=O)c1csc(NC(=O)c2ccc3[nH]c4c(c3c2)CC(CN=[N+]=[N-])NC4=O)n1. The number of amides is 3. The van der Waals surface area contributed by atoms with Gasteiger partial charge in [-0.15, -0.1) is 11.3 Å². The molecule has 0 saturated carbocycles. The highest BCUT2D eigenvalue weighted by Crippen LogP contribution is 2.28. The molecule has 34 heavy (non-hydrogen) atoms. The first-order valence-electron chi connectivity index (χ1n) is 10.5. The van der Waals surface area contributed by atoms with Gasteiger partial charge in [-0.1, -0.05) is 5.11 Å². The van der Waals surface area contributed by atoms with Gasteiger partial charge in [0.1, 0.15) is 11.4 Å². The summed E-state index contributed by atoms with van der Waals surface area (Å²) < 4.78 is 0. The number of likely N-dealkylation sites (N-methyl/N-ethyl adjacent to an activating group) is 1. The number of anilines is 1. The van der Waals surface area contributed by atoms with Crippen molar-refractivity contribution in [2.45, 2.75) is 12.5 Å². The number of carbonyl (C=O) groups is 3. The van der Waals surface area contributed by atoms with Gasteiger partial charge in [-0.3, -0.25) is 19.7 Å². The van der Waals surface area contributed by atoms with Crippen LogP contribution in [0.2, 0.25) is 0 Å². The highest BCUT2D eigenvalue weighted by molar-refractivity contribution is 7.14. The van der Waals surface area contributed by atoms with Gasteiger partial charge in [0, 0.05) is 52.4 Å². The van der Waals surface area contributed by atoms with E-state index in [2.05, 4.69) is 35.9 Å². The van der Waals surface area contributed by atoms with Crippen molar-refractivity contribution >= 4 is 45.1 Å². The molecule has 4 N–H and O–H groups in total. The van der Waals surface area contributed by atoms with Crippen molar-refractivity contribution in [1.29, 1.82) is 0 Å². The van der Waals surface area contributed by atoms with Crippen LogP contribution in [0.1, 0.15) is 36.9 Å². The van der Waals surface area contributed by atoms with Crippen LogP contribution in [-0.4, -0.2) is 72.4 Å². The fourth-order valence-corrected chi connectivity index (χ4v) is 4.37. The minimum atomic E-state index is -0.378. The van der Waals surface area contributed by atoms with Crippen LogP contribution in [0.3, 0.4) is 0 Å². The predicted molar refractivity (Wildman–Crippen MR) is 128 cm³/mol. The highest BCUT2D eigenvalue weighted by atomic mass is 32.1. The molecule has 1 aromatic carbocycles. The van der Waals surface area contributed by atoms with Crippen molar-refractivity contribution in [2.75, 3.05) is 39.0 Å². The third-order valence-electron chi connectivity index (χ3n) is 5.35. The molecule has 1 aliphatic rings. The van der Waals surface area contributed by atoms with Gasteiger partial charge in [0.25, 0.3) is 17.7 Å². The maximum atomic E-state index is 12.8. The van der Waals surface area contributed by atoms with E-state index >= 15 is 0 Å². The lowest BCUT2D eigenvalue weighted by molar-refractivity contribution is 0.0920. The molecule has 0 bridgehead atoms. The molecule has 3 aromatic rings. The second kappa shape index (κ2) is 9.91. The lowest BCUT2D eigenvalue weighted by Crippen LogP contribution is -2.43. The van der Waals surface area contributed by atoms with E-state index in [1.807, 2.05) is 19.0 Å². The van der Waals surface area contributed by atoms with Crippen LogP contribution in [0, 0.1) is 0 Å². The minimum Gasteiger partial charge on any atom is -0.350 e. The molecule has 0 aliphatic carbocycles. The Bertz CT molecular complexity index is 1310. The largest absolute Gasteiger partial charge is 0.350 e. The number of rotatable bonds is 8. The van der Waals surface area contributed by atoms with Gasteiger partial charge in [-0.25, -0.2) is 4.98 Å². The van der Waals surface area contributed by atoms with Crippen molar-refractivity contribution in [1.82, 2.24) is 25.5 Å². The Hall–Kier alpha value is -3.93. The summed E-state index contributed by atoms with van der Waals surface area (Å²) in [6.07, 6.45) is 0.476. The van der Waals surface area contributed by atoms with E-state index in [0.29, 0.717) is 35.9 Å². The number of aromatic nitrogens is 2. The summed E-state index contributed by atoms with van der Waals surface area (Å²) in [6.45, 7) is 1.34. The third kappa shape index (κ3) is 5.01. The monoisotopic (exact) mass is 481 g/mol. The molecule has 176 valence electrons. The molecule has 0 saturated heterocycles.